The lowest BCUT2D eigenvalue weighted by Gasteiger charge is -2.27. The second-order valence-corrected chi connectivity index (χ2v) is 9.22. The van der Waals surface area contributed by atoms with Crippen molar-refractivity contribution in [3.63, 3.8) is 0 Å². The molecule has 4 aromatic rings. The van der Waals surface area contributed by atoms with E-state index in [9.17, 15) is 0 Å². The van der Waals surface area contributed by atoms with Gasteiger partial charge >= 0.3 is 0 Å². The van der Waals surface area contributed by atoms with Crippen molar-refractivity contribution in [3.05, 3.63) is 124 Å². The first-order valence-corrected chi connectivity index (χ1v) is 11.9. The number of aromatic nitrogens is 1. The van der Waals surface area contributed by atoms with Crippen molar-refractivity contribution in [1.29, 1.82) is 0 Å². The molecule has 0 amide bonds. The molecule has 0 aliphatic rings. The molecule has 1 aromatic heterocycles. The molecular formula is C27H25Cl2N3S. The van der Waals surface area contributed by atoms with Gasteiger partial charge in [0.2, 0.25) is 0 Å². The first kappa shape index (κ1) is 23.4. The Morgan fingerprint density at radius 1 is 0.879 bits per heavy atom. The van der Waals surface area contributed by atoms with E-state index in [2.05, 4.69) is 51.3 Å². The van der Waals surface area contributed by atoms with Gasteiger partial charge in [0.25, 0.3) is 0 Å². The fraction of sp³-hybridized carbons (Fsp3) is 0.148. The predicted molar refractivity (Wildman–Crippen MR) is 143 cm³/mol. The summed E-state index contributed by atoms with van der Waals surface area (Å²) in [5, 5.41) is 5.47. The number of anilines is 1. The Morgan fingerprint density at radius 3 is 2.42 bits per heavy atom. The molecule has 0 aliphatic carbocycles. The van der Waals surface area contributed by atoms with Crippen molar-refractivity contribution < 1.29 is 0 Å². The van der Waals surface area contributed by atoms with Crippen LogP contribution in [-0.4, -0.2) is 14.6 Å². The van der Waals surface area contributed by atoms with Crippen LogP contribution in [-0.2, 0) is 19.6 Å². The maximum absolute atomic E-state index is 6.32. The van der Waals surface area contributed by atoms with Gasteiger partial charge in [-0.3, -0.25) is 0 Å². The molecule has 0 unspecified atom stereocenters. The van der Waals surface area contributed by atoms with Crippen LogP contribution in [0.1, 0.15) is 22.4 Å². The van der Waals surface area contributed by atoms with Gasteiger partial charge in [0.05, 0.1) is 6.54 Å². The molecule has 0 radical (unpaired) electrons. The van der Waals surface area contributed by atoms with Gasteiger partial charge in [-0.15, -0.1) is 0 Å². The van der Waals surface area contributed by atoms with Gasteiger partial charge < -0.3 is 14.8 Å². The summed E-state index contributed by atoms with van der Waals surface area (Å²) >= 11 is 18.3. The van der Waals surface area contributed by atoms with Gasteiger partial charge in [-0.2, -0.15) is 0 Å². The smallest absolute Gasteiger partial charge is 0.174 e. The monoisotopic (exact) mass is 493 g/mol. The van der Waals surface area contributed by atoms with E-state index in [-0.39, 0.29) is 0 Å². The van der Waals surface area contributed by atoms with Crippen molar-refractivity contribution in [2.24, 2.45) is 0 Å². The zero-order chi connectivity index (χ0) is 23.2. The summed E-state index contributed by atoms with van der Waals surface area (Å²) < 4.78 is 2.23. The molecule has 6 heteroatoms. The molecular weight excluding hydrogens is 469 g/mol. The summed E-state index contributed by atoms with van der Waals surface area (Å²) in [7, 11) is 0. The van der Waals surface area contributed by atoms with Gasteiger partial charge in [-0.1, -0.05) is 71.7 Å². The quantitative estimate of drug-likeness (QED) is 0.268. The normalized spacial score (nSPS) is 10.8. The first-order chi connectivity index (χ1) is 16.0. The molecule has 168 valence electrons. The van der Waals surface area contributed by atoms with Gasteiger partial charge in [-0.05, 0) is 72.2 Å². The number of nitrogens with one attached hydrogen (secondary N) is 1. The number of thiocarbonyl (C=S) groups is 1. The lowest BCUT2D eigenvalue weighted by Crippen LogP contribution is -2.34. The zero-order valence-electron chi connectivity index (χ0n) is 18.3. The molecule has 3 aromatic carbocycles. The van der Waals surface area contributed by atoms with Crippen LogP contribution >= 0.6 is 35.4 Å². The summed E-state index contributed by atoms with van der Waals surface area (Å²) in [5.74, 6) is 0. The fourth-order valence-electron chi connectivity index (χ4n) is 3.65. The average molecular weight is 494 g/mol. The molecule has 1 heterocycles. The van der Waals surface area contributed by atoms with Crippen LogP contribution < -0.4 is 5.32 Å². The third-order valence-electron chi connectivity index (χ3n) is 5.44. The van der Waals surface area contributed by atoms with E-state index in [1.807, 2.05) is 61.5 Å². The Labute approximate surface area is 210 Å². The summed E-state index contributed by atoms with van der Waals surface area (Å²) in [4.78, 5) is 2.17. The van der Waals surface area contributed by atoms with E-state index in [1.54, 1.807) is 0 Å². The van der Waals surface area contributed by atoms with E-state index in [1.165, 1.54) is 5.56 Å². The zero-order valence-corrected chi connectivity index (χ0v) is 20.7. The number of hydrogen-bond donors (Lipinski definition) is 1. The lowest BCUT2D eigenvalue weighted by molar-refractivity contribution is 0.399. The average Bonchev–Trinajstić information content (AvgIpc) is 3.23. The number of benzene rings is 3. The minimum atomic E-state index is 0.647. The number of nitrogens with zero attached hydrogens (tertiary/aromatic N) is 2. The fourth-order valence-corrected chi connectivity index (χ4v) is 4.29. The molecule has 0 aliphatic heterocycles. The molecule has 0 spiro atoms. The molecule has 1 N–H and O–H groups in total. The molecule has 0 saturated heterocycles. The summed E-state index contributed by atoms with van der Waals surface area (Å²) in [6, 6.07) is 28.4. The molecule has 0 atom stereocenters. The second-order valence-electron chi connectivity index (χ2n) is 7.99. The minimum Gasteiger partial charge on any atom is -0.345 e. The Morgan fingerprint density at radius 2 is 1.67 bits per heavy atom. The molecule has 33 heavy (non-hydrogen) atoms. The maximum Gasteiger partial charge on any atom is 0.174 e. The van der Waals surface area contributed by atoms with Gasteiger partial charge in [-0.25, -0.2) is 0 Å². The van der Waals surface area contributed by atoms with Gasteiger partial charge in [0, 0.05) is 40.7 Å². The van der Waals surface area contributed by atoms with E-state index in [0.29, 0.717) is 23.2 Å². The van der Waals surface area contributed by atoms with Crippen LogP contribution in [0.25, 0.3) is 0 Å². The first-order valence-electron chi connectivity index (χ1n) is 10.7. The third-order valence-corrected chi connectivity index (χ3v) is 6.45. The van der Waals surface area contributed by atoms with Crippen LogP contribution in [0.4, 0.5) is 5.69 Å². The Hall–Kier alpha value is -2.79. The predicted octanol–water partition coefficient (Wildman–Crippen LogP) is 7.55. The SMILES string of the molecule is Cc1ccc(NC(=S)N(Cc2ccccc2)Cc2cccn2Cc2cccc(Cl)c2)cc1Cl. The van der Waals surface area contributed by atoms with Crippen LogP contribution in [0.15, 0.2) is 91.1 Å². The summed E-state index contributed by atoms with van der Waals surface area (Å²) in [5.41, 5.74) is 5.43. The van der Waals surface area contributed by atoms with E-state index < -0.39 is 0 Å². The summed E-state index contributed by atoms with van der Waals surface area (Å²) in [6.07, 6.45) is 2.09. The standard InChI is InChI=1S/C27H25Cl2N3S/c1-20-12-13-24(16-26(20)29)30-27(33)32(17-21-7-3-2-4-8-21)19-25-11-6-14-31(25)18-22-9-5-10-23(28)15-22/h2-16H,17-19H2,1H3,(H,30,33). The van der Waals surface area contributed by atoms with E-state index >= 15 is 0 Å². The minimum absolute atomic E-state index is 0.647. The molecule has 0 fully saturated rings. The third kappa shape index (κ3) is 6.38. The van der Waals surface area contributed by atoms with Crippen LogP contribution in [0.3, 0.4) is 0 Å². The molecule has 3 nitrogen and oxygen atoms in total. The van der Waals surface area contributed by atoms with Crippen LogP contribution in [0.2, 0.25) is 10.0 Å². The Balaban J connectivity index is 1.56. The van der Waals surface area contributed by atoms with Crippen molar-refractivity contribution in [2.75, 3.05) is 5.32 Å². The topological polar surface area (TPSA) is 20.2 Å². The highest BCUT2D eigenvalue weighted by atomic mass is 35.5. The lowest BCUT2D eigenvalue weighted by atomic mass is 10.2. The van der Waals surface area contributed by atoms with Crippen molar-refractivity contribution >= 4 is 46.2 Å². The van der Waals surface area contributed by atoms with E-state index in [4.69, 9.17) is 35.4 Å². The van der Waals surface area contributed by atoms with Crippen molar-refractivity contribution in [3.8, 4) is 0 Å². The second kappa shape index (κ2) is 10.9. The van der Waals surface area contributed by atoms with E-state index in [0.717, 1.165) is 34.1 Å². The number of rotatable bonds is 7. The number of halogens is 2. The van der Waals surface area contributed by atoms with Crippen molar-refractivity contribution in [1.82, 2.24) is 9.47 Å². The Kier molecular flexibility index (Phi) is 7.71. The maximum atomic E-state index is 6.32. The number of hydrogen-bond acceptors (Lipinski definition) is 1. The van der Waals surface area contributed by atoms with Crippen LogP contribution in [0.5, 0.6) is 0 Å². The highest BCUT2D eigenvalue weighted by Crippen LogP contribution is 2.21. The molecule has 0 bridgehead atoms. The highest BCUT2D eigenvalue weighted by molar-refractivity contribution is 7.80. The number of aryl methyl sites for hydroxylation is 1. The largest absolute Gasteiger partial charge is 0.345 e. The van der Waals surface area contributed by atoms with Crippen molar-refractivity contribution in [2.45, 2.75) is 26.6 Å². The summed E-state index contributed by atoms with van der Waals surface area (Å²) in [6.45, 7) is 4.08. The molecule has 0 saturated carbocycles. The van der Waals surface area contributed by atoms with Gasteiger partial charge in [0.1, 0.15) is 0 Å². The highest BCUT2D eigenvalue weighted by Gasteiger charge is 2.14. The molecule has 4 rings (SSSR count). The van der Waals surface area contributed by atoms with Gasteiger partial charge in [0.15, 0.2) is 5.11 Å². The van der Waals surface area contributed by atoms with Crippen LogP contribution in [0, 0.1) is 6.92 Å². The Bertz CT molecular complexity index is 1240.